The van der Waals surface area contributed by atoms with E-state index in [1.165, 1.54) is 17.4 Å². The van der Waals surface area contributed by atoms with Crippen LogP contribution in [0, 0.1) is 11.6 Å². The van der Waals surface area contributed by atoms with Gasteiger partial charge in [-0.25, -0.2) is 13.8 Å². The summed E-state index contributed by atoms with van der Waals surface area (Å²) in [5.41, 5.74) is 1.36. The van der Waals surface area contributed by atoms with E-state index < -0.39 is 11.6 Å². The average molecular weight is 346 g/mol. The molecule has 24 heavy (non-hydrogen) atoms. The van der Waals surface area contributed by atoms with Gasteiger partial charge in [-0.2, -0.15) is 0 Å². The van der Waals surface area contributed by atoms with Crippen molar-refractivity contribution in [1.29, 1.82) is 0 Å². The predicted molar refractivity (Wildman–Crippen MR) is 88.4 cm³/mol. The molecule has 0 unspecified atom stereocenters. The first-order chi connectivity index (χ1) is 11.6. The van der Waals surface area contributed by atoms with Gasteiger partial charge in [-0.3, -0.25) is 10.1 Å². The summed E-state index contributed by atoms with van der Waals surface area (Å²) >= 11 is 1.20. The Morgan fingerprint density at radius 3 is 2.54 bits per heavy atom. The van der Waals surface area contributed by atoms with Crippen LogP contribution in [-0.2, 0) is 0 Å². The van der Waals surface area contributed by atoms with E-state index in [0.29, 0.717) is 27.7 Å². The van der Waals surface area contributed by atoms with Gasteiger partial charge in [0.1, 0.15) is 5.75 Å². The molecule has 0 radical (unpaired) electrons. The van der Waals surface area contributed by atoms with Gasteiger partial charge in [0.15, 0.2) is 16.8 Å². The number of anilines is 1. The number of carbonyl (C=O) groups excluding carboxylic acids is 1. The Morgan fingerprint density at radius 2 is 1.88 bits per heavy atom. The number of rotatable bonds is 4. The number of hydrogen-bond acceptors (Lipinski definition) is 4. The molecule has 0 bridgehead atoms. The van der Waals surface area contributed by atoms with E-state index in [0.717, 1.165) is 12.1 Å². The van der Waals surface area contributed by atoms with Gasteiger partial charge < -0.3 is 4.74 Å². The second kappa shape index (κ2) is 6.76. The summed E-state index contributed by atoms with van der Waals surface area (Å²) in [6.45, 7) is 0. The summed E-state index contributed by atoms with van der Waals surface area (Å²) < 4.78 is 31.3. The van der Waals surface area contributed by atoms with Crippen molar-refractivity contribution >= 4 is 22.4 Å². The van der Waals surface area contributed by atoms with Crippen LogP contribution in [0.15, 0.2) is 47.8 Å². The van der Waals surface area contributed by atoms with Gasteiger partial charge in [-0.15, -0.1) is 11.3 Å². The van der Waals surface area contributed by atoms with E-state index in [1.54, 1.807) is 36.8 Å². The van der Waals surface area contributed by atoms with Crippen LogP contribution in [-0.4, -0.2) is 18.0 Å². The molecule has 4 nitrogen and oxygen atoms in total. The number of hydrogen-bond donors (Lipinski definition) is 1. The zero-order valence-electron chi connectivity index (χ0n) is 12.5. The fraction of sp³-hybridized carbons (Fsp3) is 0.0588. The molecule has 0 saturated carbocycles. The maximum Gasteiger partial charge on any atom is 0.257 e. The molecular weight excluding hydrogens is 334 g/mol. The second-order valence-corrected chi connectivity index (χ2v) is 5.71. The van der Waals surface area contributed by atoms with Crippen molar-refractivity contribution < 1.29 is 18.3 Å². The van der Waals surface area contributed by atoms with E-state index in [2.05, 4.69) is 10.3 Å². The molecule has 0 fully saturated rings. The molecule has 0 atom stereocenters. The first-order valence-electron chi connectivity index (χ1n) is 6.93. The predicted octanol–water partition coefficient (Wildman–Crippen LogP) is 4.35. The van der Waals surface area contributed by atoms with Crippen molar-refractivity contribution in [3.8, 4) is 17.0 Å². The van der Waals surface area contributed by atoms with Crippen LogP contribution < -0.4 is 10.1 Å². The minimum Gasteiger partial charge on any atom is -0.497 e. The Hall–Kier alpha value is -2.80. The molecule has 2 aromatic carbocycles. The Morgan fingerprint density at radius 1 is 1.12 bits per heavy atom. The van der Waals surface area contributed by atoms with Crippen LogP contribution in [0.1, 0.15) is 10.4 Å². The highest BCUT2D eigenvalue weighted by molar-refractivity contribution is 7.14. The summed E-state index contributed by atoms with van der Waals surface area (Å²) in [6, 6.07) is 10.2. The van der Waals surface area contributed by atoms with Crippen molar-refractivity contribution in [3.63, 3.8) is 0 Å². The molecule has 3 rings (SSSR count). The van der Waals surface area contributed by atoms with Crippen LogP contribution in [0.4, 0.5) is 13.9 Å². The lowest BCUT2D eigenvalue weighted by Crippen LogP contribution is -2.11. The monoisotopic (exact) mass is 346 g/mol. The molecule has 0 aliphatic carbocycles. The van der Waals surface area contributed by atoms with Gasteiger partial charge in [0.2, 0.25) is 0 Å². The van der Waals surface area contributed by atoms with Crippen LogP contribution in [0.25, 0.3) is 11.3 Å². The number of nitrogens with one attached hydrogen (secondary N) is 1. The Labute approximate surface area is 140 Å². The highest BCUT2D eigenvalue weighted by Crippen LogP contribution is 2.26. The van der Waals surface area contributed by atoms with Crippen LogP contribution in [0.5, 0.6) is 5.75 Å². The lowest BCUT2D eigenvalue weighted by molar-refractivity contribution is 0.102. The molecule has 0 spiro atoms. The zero-order chi connectivity index (χ0) is 17.1. The molecule has 1 aromatic heterocycles. The second-order valence-electron chi connectivity index (χ2n) is 4.85. The van der Waals surface area contributed by atoms with Crippen molar-refractivity contribution in [2.45, 2.75) is 0 Å². The highest BCUT2D eigenvalue weighted by atomic mass is 32.1. The summed E-state index contributed by atoms with van der Waals surface area (Å²) in [5.74, 6) is -1.52. The number of thiazole rings is 1. The van der Waals surface area contributed by atoms with Crippen molar-refractivity contribution in [3.05, 3.63) is 65.0 Å². The third-order valence-corrected chi connectivity index (χ3v) is 4.05. The van der Waals surface area contributed by atoms with Crippen LogP contribution in [0.2, 0.25) is 0 Å². The van der Waals surface area contributed by atoms with E-state index in [1.807, 2.05) is 0 Å². The Balaban J connectivity index is 1.75. The third-order valence-electron chi connectivity index (χ3n) is 3.29. The Bertz CT molecular complexity index is 879. The average Bonchev–Trinajstić information content (AvgIpc) is 3.06. The number of carbonyl (C=O) groups is 1. The van der Waals surface area contributed by atoms with E-state index in [9.17, 15) is 13.6 Å². The normalized spacial score (nSPS) is 10.5. The number of amides is 1. The quantitative estimate of drug-likeness (QED) is 0.764. The SMILES string of the molecule is COc1ccc(C(=O)Nc2nc(-c3ccc(F)c(F)c3)cs2)cc1. The molecule has 3 aromatic rings. The first kappa shape index (κ1) is 16.1. The standard InChI is InChI=1S/C17H12F2N2O2S/c1-23-12-5-2-10(3-6-12)16(22)21-17-20-15(9-24-17)11-4-7-13(18)14(19)8-11/h2-9H,1H3,(H,20,21,22). The fourth-order valence-electron chi connectivity index (χ4n) is 2.03. The minimum atomic E-state index is -0.940. The summed E-state index contributed by atoms with van der Waals surface area (Å²) in [4.78, 5) is 16.4. The molecule has 0 aliphatic rings. The van der Waals surface area contributed by atoms with E-state index in [4.69, 9.17) is 4.74 Å². The topological polar surface area (TPSA) is 51.2 Å². The molecule has 1 N–H and O–H groups in total. The molecule has 122 valence electrons. The maximum atomic E-state index is 13.3. The van der Waals surface area contributed by atoms with Crippen molar-refractivity contribution in [1.82, 2.24) is 4.98 Å². The number of benzene rings is 2. The minimum absolute atomic E-state index is 0.316. The zero-order valence-corrected chi connectivity index (χ0v) is 13.4. The molecule has 0 aliphatic heterocycles. The van der Waals surface area contributed by atoms with E-state index >= 15 is 0 Å². The largest absolute Gasteiger partial charge is 0.497 e. The lowest BCUT2D eigenvalue weighted by Gasteiger charge is -2.03. The molecule has 1 heterocycles. The summed E-state index contributed by atoms with van der Waals surface area (Å²) in [5, 5.41) is 4.71. The van der Waals surface area contributed by atoms with E-state index in [-0.39, 0.29) is 5.91 Å². The number of methoxy groups -OCH3 is 1. The smallest absolute Gasteiger partial charge is 0.257 e. The van der Waals surface area contributed by atoms with Gasteiger partial charge >= 0.3 is 0 Å². The summed E-state index contributed by atoms with van der Waals surface area (Å²) in [6.07, 6.45) is 0. The van der Waals surface area contributed by atoms with Gasteiger partial charge in [-0.05, 0) is 42.5 Å². The molecule has 0 saturated heterocycles. The van der Waals surface area contributed by atoms with Crippen LogP contribution in [0.3, 0.4) is 0 Å². The van der Waals surface area contributed by atoms with Gasteiger partial charge in [0, 0.05) is 16.5 Å². The van der Waals surface area contributed by atoms with Gasteiger partial charge in [0.05, 0.1) is 12.8 Å². The lowest BCUT2D eigenvalue weighted by atomic mass is 10.2. The molecule has 7 heteroatoms. The first-order valence-corrected chi connectivity index (χ1v) is 7.81. The number of ether oxygens (including phenoxy) is 1. The van der Waals surface area contributed by atoms with Gasteiger partial charge in [-0.1, -0.05) is 0 Å². The third kappa shape index (κ3) is 3.41. The summed E-state index contributed by atoms with van der Waals surface area (Å²) in [7, 11) is 1.55. The van der Waals surface area contributed by atoms with Gasteiger partial charge in [0.25, 0.3) is 5.91 Å². The van der Waals surface area contributed by atoms with Crippen molar-refractivity contribution in [2.24, 2.45) is 0 Å². The Kier molecular flexibility index (Phi) is 4.52. The van der Waals surface area contributed by atoms with Crippen molar-refractivity contribution in [2.75, 3.05) is 12.4 Å². The molecular formula is C17H12F2N2O2S. The maximum absolute atomic E-state index is 13.3. The number of aromatic nitrogens is 1. The molecule has 1 amide bonds. The van der Waals surface area contributed by atoms with Crippen LogP contribution >= 0.6 is 11.3 Å². The number of halogens is 2. The number of nitrogens with zero attached hydrogens (tertiary/aromatic N) is 1. The highest BCUT2D eigenvalue weighted by Gasteiger charge is 2.11. The fourth-order valence-corrected chi connectivity index (χ4v) is 2.75.